The van der Waals surface area contributed by atoms with Gasteiger partial charge in [0.15, 0.2) is 0 Å². The molecule has 120 valence electrons. The fourth-order valence-corrected chi connectivity index (χ4v) is 2.65. The molecule has 0 aliphatic heterocycles. The minimum Gasteiger partial charge on any atom is -0.395 e. The van der Waals surface area contributed by atoms with Crippen molar-refractivity contribution < 1.29 is 5.11 Å². The largest absolute Gasteiger partial charge is 0.395 e. The summed E-state index contributed by atoms with van der Waals surface area (Å²) >= 11 is 0. The molecule has 0 radical (unpaired) electrons. The second-order valence-corrected chi connectivity index (χ2v) is 5.49. The van der Waals surface area contributed by atoms with Gasteiger partial charge in [-0.15, -0.1) is 0 Å². The van der Waals surface area contributed by atoms with E-state index in [0.29, 0.717) is 23.4 Å². The van der Waals surface area contributed by atoms with Crippen LogP contribution in [-0.2, 0) is 20.1 Å². The summed E-state index contributed by atoms with van der Waals surface area (Å²) < 4.78 is 3.25. The van der Waals surface area contributed by atoms with Crippen LogP contribution in [0.4, 0.5) is 5.95 Å². The normalized spacial score (nSPS) is 11.1. The van der Waals surface area contributed by atoms with Gasteiger partial charge in [-0.3, -0.25) is 14.0 Å². The van der Waals surface area contributed by atoms with E-state index in [-0.39, 0.29) is 18.7 Å². The summed E-state index contributed by atoms with van der Waals surface area (Å²) in [6.07, 6.45) is 3.71. The Balaban J connectivity index is 2.07. The molecule has 0 unspecified atom stereocenters. The fourth-order valence-electron chi connectivity index (χ4n) is 2.65. The molecule has 0 aliphatic rings. The molecule has 0 fully saturated rings. The van der Waals surface area contributed by atoms with Crippen LogP contribution in [0.15, 0.2) is 41.5 Å². The number of aliphatic hydroxyl groups excluding tert-OH is 1. The van der Waals surface area contributed by atoms with Gasteiger partial charge in [-0.05, 0) is 12.1 Å². The van der Waals surface area contributed by atoms with Crippen molar-refractivity contribution in [2.45, 2.75) is 13.1 Å². The minimum absolute atomic E-state index is 0.117. The van der Waals surface area contributed by atoms with E-state index in [9.17, 15) is 9.90 Å². The number of benzene rings is 1. The van der Waals surface area contributed by atoms with Crippen LogP contribution in [0.1, 0.15) is 5.56 Å². The quantitative estimate of drug-likeness (QED) is 0.752. The maximum Gasteiger partial charge on any atom is 0.262 e. The van der Waals surface area contributed by atoms with Gasteiger partial charge in [-0.1, -0.05) is 12.1 Å². The fraction of sp³-hybridized carbons (Fsp3) is 0.312. The summed E-state index contributed by atoms with van der Waals surface area (Å²) in [7, 11) is 3.73. The van der Waals surface area contributed by atoms with E-state index >= 15 is 0 Å². The first-order valence-electron chi connectivity index (χ1n) is 7.39. The molecule has 0 aliphatic carbocycles. The zero-order valence-electron chi connectivity index (χ0n) is 13.2. The highest BCUT2D eigenvalue weighted by Crippen LogP contribution is 2.16. The number of nitrogens with zero attached hydrogens (tertiary/aromatic N) is 5. The number of para-hydroxylation sites is 1. The number of hydrogen-bond donors (Lipinski definition) is 1. The molecule has 7 nitrogen and oxygen atoms in total. The number of anilines is 1. The molecule has 0 atom stereocenters. The van der Waals surface area contributed by atoms with E-state index < -0.39 is 0 Å². The third-order valence-corrected chi connectivity index (χ3v) is 3.68. The Hall–Kier alpha value is -2.67. The van der Waals surface area contributed by atoms with Crippen molar-refractivity contribution in [1.82, 2.24) is 19.3 Å². The number of hydrogen-bond acceptors (Lipinski definition) is 5. The minimum atomic E-state index is -0.141. The lowest BCUT2D eigenvalue weighted by atomic mass is 10.2. The van der Waals surface area contributed by atoms with Crippen molar-refractivity contribution in [2.75, 3.05) is 18.6 Å². The molecular weight excluding hydrogens is 294 g/mol. The van der Waals surface area contributed by atoms with Crippen LogP contribution in [0.25, 0.3) is 10.9 Å². The van der Waals surface area contributed by atoms with Crippen molar-refractivity contribution in [2.24, 2.45) is 7.05 Å². The van der Waals surface area contributed by atoms with Crippen molar-refractivity contribution in [3.63, 3.8) is 0 Å². The van der Waals surface area contributed by atoms with Gasteiger partial charge in [0.05, 0.1) is 30.3 Å². The van der Waals surface area contributed by atoms with E-state index in [1.165, 1.54) is 4.57 Å². The van der Waals surface area contributed by atoms with Crippen LogP contribution >= 0.6 is 0 Å². The van der Waals surface area contributed by atoms with E-state index in [2.05, 4.69) is 10.1 Å². The third kappa shape index (κ3) is 2.95. The average Bonchev–Trinajstić information content (AvgIpc) is 2.95. The second kappa shape index (κ2) is 6.21. The molecule has 23 heavy (non-hydrogen) atoms. The molecule has 2 aromatic heterocycles. The molecule has 2 heterocycles. The van der Waals surface area contributed by atoms with Gasteiger partial charge in [0.25, 0.3) is 5.56 Å². The Morgan fingerprint density at radius 1 is 1.30 bits per heavy atom. The van der Waals surface area contributed by atoms with Gasteiger partial charge in [0.2, 0.25) is 5.95 Å². The van der Waals surface area contributed by atoms with Crippen molar-refractivity contribution >= 4 is 16.9 Å². The van der Waals surface area contributed by atoms with Crippen molar-refractivity contribution in [1.29, 1.82) is 0 Å². The SMILES string of the molecule is CN(Cc1cnn(C)c1)c1nc2ccccc2c(=O)n1CCO. The standard InChI is InChI=1S/C16H19N5O2/c1-19(10-12-9-17-20(2)11-12)16-18-14-6-4-3-5-13(14)15(23)21(16)7-8-22/h3-6,9,11,22H,7-8,10H2,1-2H3. The van der Waals surface area contributed by atoms with Gasteiger partial charge in [0, 0.05) is 32.4 Å². The lowest BCUT2D eigenvalue weighted by Gasteiger charge is -2.22. The first-order chi connectivity index (χ1) is 11.1. The Kier molecular flexibility index (Phi) is 4.12. The van der Waals surface area contributed by atoms with E-state index in [0.717, 1.165) is 5.56 Å². The Morgan fingerprint density at radius 2 is 2.09 bits per heavy atom. The van der Waals surface area contributed by atoms with Crippen LogP contribution in [0, 0.1) is 0 Å². The van der Waals surface area contributed by atoms with Gasteiger partial charge in [0.1, 0.15) is 0 Å². The Bertz CT molecular complexity index is 884. The highest BCUT2D eigenvalue weighted by Gasteiger charge is 2.14. The van der Waals surface area contributed by atoms with Gasteiger partial charge in [-0.25, -0.2) is 4.98 Å². The summed E-state index contributed by atoms with van der Waals surface area (Å²) in [6, 6.07) is 7.24. The maximum atomic E-state index is 12.7. The van der Waals surface area contributed by atoms with Crippen LogP contribution < -0.4 is 10.5 Å². The van der Waals surface area contributed by atoms with E-state index in [1.807, 2.05) is 43.4 Å². The zero-order chi connectivity index (χ0) is 16.4. The topological polar surface area (TPSA) is 76.2 Å². The second-order valence-electron chi connectivity index (χ2n) is 5.49. The molecule has 0 saturated carbocycles. The molecule has 3 aromatic rings. The summed E-state index contributed by atoms with van der Waals surface area (Å²) in [6.45, 7) is 0.668. The summed E-state index contributed by atoms with van der Waals surface area (Å²) in [5, 5.41) is 14.0. The smallest absolute Gasteiger partial charge is 0.262 e. The first-order valence-corrected chi connectivity index (χ1v) is 7.39. The molecular formula is C16H19N5O2. The monoisotopic (exact) mass is 313 g/mol. The highest BCUT2D eigenvalue weighted by atomic mass is 16.3. The summed E-state index contributed by atoms with van der Waals surface area (Å²) in [5.41, 5.74) is 1.53. The van der Waals surface area contributed by atoms with E-state index in [1.54, 1.807) is 16.9 Å². The highest BCUT2D eigenvalue weighted by molar-refractivity contribution is 5.78. The lowest BCUT2D eigenvalue weighted by molar-refractivity contribution is 0.274. The predicted octanol–water partition coefficient (Wildman–Crippen LogP) is 0.759. The molecule has 0 spiro atoms. The van der Waals surface area contributed by atoms with Crippen molar-refractivity contribution in [3.8, 4) is 0 Å². The average molecular weight is 313 g/mol. The van der Waals surface area contributed by atoms with Gasteiger partial charge in [-0.2, -0.15) is 5.10 Å². The molecule has 7 heteroatoms. The van der Waals surface area contributed by atoms with Crippen LogP contribution in [-0.4, -0.2) is 38.1 Å². The van der Waals surface area contributed by atoms with E-state index in [4.69, 9.17) is 0 Å². The third-order valence-electron chi connectivity index (χ3n) is 3.68. The van der Waals surface area contributed by atoms with Crippen LogP contribution in [0.3, 0.4) is 0 Å². The Morgan fingerprint density at radius 3 is 2.78 bits per heavy atom. The van der Waals surface area contributed by atoms with Crippen LogP contribution in [0.2, 0.25) is 0 Å². The predicted molar refractivity (Wildman–Crippen MR) is 88.4 cm³/mol. The number of aromatic nitrogens is 4. The summed E-state index contributed by atoms with van der Waals surface area (Å²) in [4.78, 5) is 19.2. The first kappa shape index (κ1) is 15.2. The molecule has 0 saturated heterocycles. The molecule has 0 amide bonds. The number of fused-ring (bicyclic) bond motifs is 1. The molecule has 3 rings (SSSR count). The zero-order valence-corrected chi connectivity index (χ0v) is 13.2. The molecule has 1 N–H and O–H groups in total. The summed E-state index contributed by atoms with van der Waals surface area (Å²) in [5.74, 6) is 0.534. The molecule has 0 bridgehead atoms. The van der Waals surface area contributed by atoms with Gasteiger partial charge < -0.3 is 10.0 Å². The molecule has 1 aromatic carbocycles. The lowest BCUT2D eigenvalue weighted by Crippen LogP contribution is -2.31. The number of rotatable bonds is 5. The van der Waals surface area contributed by atoms with Crippen LogP contribution in [0.5, 0.6) is 0 Å². The number of aryl methyl sites for hydroxylation is 1. The maximum absolute atomic E-state index is 12.7. The van der Waals surface area contributed by atoms with Gasteiger partial charge >= 0.3 is 0 Å². The van der Waals surface area contributed by atoms with Crippen molar-refractivity contribution in [3.05, 3.63) is 52.6 Å². The number of aliphatic hydroxyl groups is 1. The Labute approximate surface area is 133 Å².